The largest absolute Gasteiger partial charge is 0.335 e. The van der Waals surface area contributed by atoms with Crippen molar-refractivity contribution in [2.24, 2.45) is 0 Å². The number of amides is 3. The van der Waals surface area contributed by atoms with E-state index in [0.717, 1.165) is 97.9 Å². The van der Waals surface area contributed by atoms with E-state index in [1.54, 1.807) is 30.3 Å². The fourth-order valence-corrected chi connectivity index (χ4v) is 8.13. The van der Waals surface area contributed by atoms with Crippen LogP contribution in [0, 0.1) is 0 Å². The zero-order valence-corrected chi connectivity index (χ0v) is 31.7. The quantitative estimate of drug-likeness (QED) is 0.104. The van der Waals surface area contributed by atoms with Gasteiger partial charge in [0.25, 0.3) is 15.9 Å². The van der Waals surface area contributed by atoms with Gasteiger partial charge in [-0.25, -0.2) is 22.9 Å². The van der Waals surface area contributed by atoms with Gasteiger partial charge in [0, 0.05) is 36.8 Å². The third-order valence-corrected chi connectivity index (χ3v) is 11.4. The van der Waals surface area contributed by atoms with E-state index in [0.29, 0.717) is 18.7 Å². The lowest BCUT2D eigenvalue weighted by molar-refractivity contribution is 0.0982. The highest BCUT2D eigenvalue weighted by Gasteiger charge is 2.23. The molecule has 0 bridgehead atoms. The highest BCUT2D eigenvalue weighted by Crippen LogP contribution is 2.29. The first kappa shape index (κ1) is 37.8. The van der Waals surface area contributed by atoms with Gasteiger partial charge in [-0.05, 0) is 78.8 Å². The van der Waals surface area contributed by atoms with Gasteiger partial charge in [-0.15, -0.1) is 0 Å². The fourth-order valence-electron chi connectivity index (χ4n) is 7.14. The lowest BCUT2D eigenvalue weighted by Crippen LogP contribution is -2.46. The van der Waals surface area contributed by atoms with Gasteiger partial charge < -0.3 is 9.88 Å². The molecule has 0 saturated heterocycles. The van der Waals surface area contributed by atoms with Gasteiger partial charge in [0.2, 0.25) is 0 Å². The van der Waals surface area contributed by atoms with Crippen LogP contribution in [0.1, 0.15) is 99.8 Å². The number of imidazole rings is 1. The molecule has 1 aliphatic carbocycles. The highest BCUT2D eigenvalue weighted by atomic mass is 32.2. The Morgan fingerprint density at radius 3 is 2.28 bits per heavy atom. The van der Waals surface area contributed by atoms with Crippen LogP contribution >= 0.6 is 0 Å². The molecule has 2 N–H and O–H groups in total. The molecule has 53 heavy (non-hydrogen) atoms. The third kappa shape index (κ3) is 9.35. The van der Waals surface area contributed by atoms with E-state index >= 15 is 0 Å². The van der Waals surface area contributed by atoms with Crippen molar-refractivity contribution in [3.63, 3.8) is 0 Å². The molecule has 9 nitrogen and oxygen atoms in total. The minimum absolute atomic E-state index is 0.0214. The van der Waals surface area contributed by atoms with Crippen molar-refractivity contribution in [1.82, 2.24) is 19.6 Å². The Labute approximate surface area is 313 Å². The summed E-state index contributed by atoms with van der Waals surface area (Å²) in [5, 5.41) is 3.34. The second-order valence-electron chi connectivity index (χ2n) is 14.0. The number of carbonyl (C=O) groups is 2. The summed E-state index contributed by atoms with van der Waals surface area (Å²) in [5.41, 5.74) is 5.53. The van der Waals surface area contributed by atoms with Gasteiger partial charge in [-0.3, -0.25) is 9.69 Å². The number of hydrogen-bond acceptors (Lipinski definition) is 5. The number of benzene rings is 4. The van der Waals surface area contributed by atoms with E-state index in [1.165, 1.54) is 18.6 Å². The van der Waals surface area contributed by atoms with Crippen molar-refractivity contribution in [3.8, 4) is 11.1 Å². The Morgan fingerprint density at radius 1 is 0.830 bits per heavy atom. The SMILES string of the molecule is CCCCCN(C(=O)NC1CCCCC1)c1ccc2nc(CCCC)n(Cc3ccc(-c4ccccc4C(=O)NS(=O)(=O)c4ccccc4)cc3)c2c1. The van der Waals surface area contributed by atoms with Gasteiger partial charge in [-0.1, -0.05) is 113 Å². The number of unbranched alkanes of at least 4 members (excludes halogenated alkanes) is 3. The number of rotatable bonds is 15. The van der Waals surface area contributed by atoms with E-state index in [1.807, 2.05) is 53.4 Å². The molecule has 0 unspecified atom stereocenters. The molecular formula is C43H51N5O4S. The Balaban J connectivity index is 1.27. The maximum Gasteiger partial charge on any atom is 0.322 e. The molecule has 1 aliphatic rings. The van der Waals surface area contributed by atoms with Crippen LogP contribution in [0.3, 0.4) is 0 Å². The predicted octanol–water partition coefficient (Wildman–Crippen LogP) is 9.25. The summed E-state index contributed by atoms with van der Waals surface area (Å²) in [6.45, 7) is 5.60. The first-order valence-corrected chi connectivity index (χ1v) is 20.6. The van der Waals surface area contributed by atoms with E-state index in [2.05, 4.69) is 34.5 Å². The molecule has 1 fully saturated rings. The molecule has 5 aromatic rings. The average Bonchev–Trinajstić information content (AvgIpc) is 3.52. The predicted molar refractivity (Wildman–Crippen MR) is 213 cm³/mol. The van der Waals surface area contributed by atoms with Gasteiger partial charge in [0.15, 0.2) is 0 Å². The molecule has 0 atom stereocenters. The molecule has 10 heteroatoms. The Hall–Kier alpha value is -4.96. The number of sulfonamides is 1. The van der Waals surface area contributed by atoms with Gasteiger partial charge >= 0.3 is 6.03 Å². The van der Waals surface area contributed by atoms with E-state index in [9.17, 15) is 18.0 Å². The maximum absolute atomic E-state index is 13.8. The first-order chi connectivity index (χ1) is 25.8. The van der Waals surface area contributed by atoms with Crippen molar-refractivity contribution in [3.05, 3.63) is 114 Å². The summed E-state index contributed by atoms with van der Waals surface area (Å²) in [5.74, 6) is 0.319. The Bertz CT molecular complexity index is 2110. The summed E-state index contributed by atoms with van der Waals surface area (Å²) in [7, 11) is -4.03. The second kappa shape index (κ2) is 17.7. The molecule has 0 spiro atoms. The minimum Gasteiger partial charge on any atom is -0.335 e. The summed E-state index contributed by atoms with van der Waals surface area (Å²) in [6.07, 6.45) is 11.6. The zero-order valence-electron chi connectivity index (χ0n) is 30.9. The molecule has 6 rings (SSSR count). The molecule has 3 amide bonds. The number of anilines is 1. The number of aromatic nitrogens is 2. The molecule has 0 aliphatic heterocycles. The van der Waals surface area contributed by atoms with Crippen LogP contribution in [0.25, 0.3) is 22.2 Å². The summed E-state index contributed by atoms with van der Waals surface area (Å²) < 4.78 is 30.3. The number of fused-ring (bicyclic) bond motifs is 1. The topological polar surface area (TPSA) is 113 Å². The lowest BCUT2D eigenvalue weighted by Gasteiger charge is -2.28. The zero-order chi connectivity index (χ0) is 37.2. The number of nitrogens with zero attached hydrogens (tertiary/aromatic N) is 3. The fraction of sp³-hybridized carbons (Fsp3) is 0.372. The van der Waals surface area contributed by atoms with E-state index < -0.39 is 15.9 Å². The monoisotopic (exact) mass is 733 g/mol. The Morgan fingerprint density at radius 2 is 1.55 bits per heavy atom. The van der Waals surface area contributed by atoms with Crippen molar-refractivity contribution in [2.75, 3.05) is 11.4 Å². The van der Waals surface area contributed by atoms with Crippen LogP contribution in [-0.4, -0.2) is 42.5 Å². The molecule has 0 radical (unpaired) electrons. The van der Waals surface area contributed by atoms with Crippen LogP contribution in [0.15, 0.2) is 102 Å². The minimum atomic E-state index is -4.03. The number of hydrogen-bond donors (Lipinski definition) is 2. The van der Waals surface area contributed by atoms with Gasteiger partial charge in [0.1, 0.15) is 5.82 Å². The molecule has 1 saturated carbocycles. The smallest absolute Gasteiger partial charge is 0.322 e. The molecular weight excluding hydrogens is 683 g/mol. The summed E-state index contributed by atoms with van der Waals surface area (Å²) >= 11 is 0. The van der Waals surface area contributed by atoms with Crippen LogP contribution in [-0.2, 0) is 23.0 Å². The summed E-state index contributed by atoms with van der Waals surface area (Å²) in [6, 6.07) is 29.3. The van der Waals surface area contributed by atoms with Crippen molar-refractivity contribution >= 4 is 38.7 Å². The number of urea groups is 1. The van der Waals surface area contributed by atoms with Crippen LogP contribution in [0.5, 0.6) is 0 Å². The number of carbonyl (C=O) groups excluding carboxylic acids is 2. The van der Waals surface area contributed by atoms with E-state index in [4.69, 9.17) is 4.98 Å². The van der Waals surface area contributed by atoms with Gasteiger partial charge in [0.05, 0.1) is 15.9 Å². The first-order valence-electron chi connectivity index (χ1n) is 19.1. The van der Waals surface area contributed by atoms with E-state index in [-0.39, 0.29) is 22.5 Å². The number of nitrogens with one attached hydrogen (secondary N) is 2. The lowest BCUT2D eigenvalue weighted by atomic mass is 9.96. The van der Waals surface area contributed by atoms with Gasteiger partial charge in [-0.2, -0.15) is 0 Å². The van der Waals surface area contributed by atoms with Crippen molar-refractivity contribution in [1.29, 1.82) is 0 Å². The van der Waals surface area contributed by atoms with Crippen molar-refractivity contribution < 1.29 is 18.0 Å². The van der Waals surface area contributed by atoms with Crippen molar-refractivity contribution in [2.45, 2.75) is 102 Å². The maximum atomic E-state index is 13.8. The average molecular weight is 734 g/mol. The highest BCUT2D eigenvalue weighted by molar-refractivity contribution is 7.90. The molecule has 1 aromatic heterocycles. The Kier molecular flexibility index (Phi) is 12.6. The van der Waals surface area contributed by atoms with Crippen LogP contribution < -0.4 is 14.9 Å². The standard InChI is InChI=1S/C43H51N5O4S/c1-3-5-15-29-47(43(50)44-34-16-9-7-10-17-34)35-27-28-39-40(30-35)48(41(45-39)22-6-4-2)31-32-23-25-33(26-24-32)37-20-13-14-21-38(37)42(49)46-53(51,52)36-18-11-8-12-19-36/h8,11-14,18-21,23-28,30,34H,3-7,9-10,15-17,22,29,31H2,1-2H3,(H,44,50)(H,46,49). The molecule has 4 aromatic carbocycles. The third-order valence-electron chi connectivity index (χ3n) is 10.1. The number of aryl methyl sites for hydroxylation is 1. The molecule has 278 valence electrons. The van der Waals surface area contributed by atoms with Crippen LogP contribution in [0.2, 0.25) is 0 Å². The summed E-state index contributed by atoms with van der Waals surface area (Å²) in [4.78, 5) is 34.1. The normalized spacial score (nSPS) is 13.5. The second-order valence-corrected chi connectivity index (χ2v) is 15.7. The van der Waals surface area contributed by atoms with Crippen LogP contribution in [0.4, 0.5) is 10.5 Å². The molecule has 1 heterocycles.